The van der Waals surface area contributed by atoms with Gasteiger partial charge in [0.25, 0.3) is 0 Å². The molecule has 0 atom stereocenters. The van der Waals surface area contributed by atoms with Crippen molar-refractivity contribution in [1.29, 1.82) is 0 Å². The summed E-state index contributed by atoms with van der Waals surface area (Å²) in [6.07, 6.45) is 0. The Morgan fingerprint density at radius 1 is 1.18 bits per heavy atom. The van der Waals surface area contributed by atoms with Gasteiger partial charge in [0.2, 0.25) is 0 Å². The molecular weight excluding hydrogens is 268 g/mol. The lowest BCUT2D eigenvalue weighted by Gasteiger charge is -2.01. The zero-order valence-electron chi connectivity index (χ0n) is 5.59. The van der Waals surface area contributed by atoms with Crippen molar-refractivity contribution in [3.63, 3.8) is 0 Å². The zero-order valence-corrected chi connectivity index (χ0v) is 7.75. The van der Waals surface area contributed by atoms with E-state index in [9.17, 15) is 13.2 Å². The van der Waals surface area contributed by atoms with Crippen molar-refractivity contribution < 1.29 is 13.2 Å². The van der Waals surface area contributed by atoms with Gasteiger partial charge in [-0.25, -0.2) is 13.2 Å². The molecule has 1 aromatic carbocycles. The second-order valence-corrected chi connectivity index (χ2v) is 3.17. The third-order valence-electron chi connectivity index (χ3n) is 1.34. The van der Waals surface area contributed by atoms with Crippen LogP contribution in [0.15, 0.2) is 6.07 Å². The Morgan fingerprint density at radius 2 is 1.73 bits per heavy atom. The molecule has 4 heteroatoms. The maximum atomic E-state index is 12.8. The van der Waals surface area contributed by atoms with Crippen LogP contribution in [-0.2, 0) is 0 Å². The van der Waals surface area contributed by atoms with Crippen LogP contribution in [-0.4, -0.2) is 0 Å². The second kappa shape index (κ2) is 3.00. The first-order valence-electron chi connectivity index (χ1n) is 2.83. The smallest absolute Gasteiger partial charge is 0.145 e. The molecule has 0 spiro atoms. The fraction of sp³-hybridized carbons (Fsp3) is 0.143. The van der Waals surface area contributed by atoms with E-state index < -0.39 is 17.5 Å². The highest BCUT2D eigenvalue weighted by Gasteiger charge is 2.12. The van der Waals surface area contributed by atoms with E-state index in [0.717, 1.165) is 0 Å². The van der Waals surface area contributed by atoms with Crippen molar-refractivity contribution in [3.05, 3.63) is 32.7 Å². The summed E-state index contributed by atoms with van der Waals surface area (Å²) < 4.78 is 37.7. The SMILES string of the molecule is Cc1c(F)cc(F)c(I)c1F. The molecule has 0 radical (unpaired) electrons. The maximum Gasteiger partial charge on any atom is 0.145 e. The van der Waals surface area contributed by atoms with Gasteiger partial charge < -0.3 is 0 Å². The number of benzene rings is 1. The summed E-state index contributed by atoms with van der Waals surface area (Å²) in [7, 11) is 0. The van der Waals surface area contributed by atoms with Gasteiger partial charge in [0.15, 0.2) is 0 Å². The van der Waals surface area contributed by atoms with Crippen molar-refractivity contribution in [2.75, 3.05) is 0 Å². The Labute approximate surface area is 75.6 Å². The highest BCUT2D eigenvalue weighted by molar-refractivity contribution is 14.1. The highest BCUT2D eigenvalue weighted by Crippen LogP contribution is 2.20. The van der Waals surface area contributed by atoms with E-state index in [1.54, 1.807) is 0 Å². The van der Waals surface area contributed by atoms with Gasteiger partial charge in [-0.2, -0.15) is 0 Å². The Bertz CT molecular complexity index is 270. The van der Waals surface area contributed by atoms with Crippen LogP contribution in [0.1, 0.15) is 5.56 Å². The van der Waals surface area contributed by atoms with Gasteiger partial charge in [0.05, 0.1) is 3.57 Å². The first-order valence-corrected chi connectivity index (χ1v) is 3.91. The van der Waals surface area contributed by atoms with Gasteiger partial charge in [0, 0.05) is 11.6 Å². The summed E-state index contributed by atoms with van der Waals surface area (Å²) in [5, 5.41) is 0. The number of hydrogen-bond donors (Lipinski definition) is 0. The van der Waals surface area contributed by atoms with Gasteiger partial charge in [-0.1, -0.05) is 0 Å². The largest absolute Gasteiger partial charge is 0.206 e. The predicted molar refractivity (Wildman–Crippen MR) is 43.8 cm³/mol. The molecule has 0 heterocycles. The molecule has 0 aromatic heterocycles. The first-order chi connectivity index (χ1) is 5.04. The van der Waals surface area contributed by atoms with Crippen molar-refractivity contribution in [3.8, 4) is 0 Å². The fourth-order valence-corrected chi connectivity index (χ4v) is 1.22. The summed E-state index contributed by atoms with van der Waals surface area (Å²) in [4.78, 5) is 0. The van der Waals surface area contributed by atoms with E-state index >= 15 is 0 Å². The van der Waals surface area contributed by atoms with Crippen LogP contribution in [0.25, 0.3) is 0 Å². The quantitative estimate of drug-likeness (QED) is 0.387. The minimum absolute atomic E-state index is 0.143. The third-order valence-corrected chi connectivity index (χ3v) is 2.33. The molecule has 0 bridgehead atoms. The minimum atomic E-state index is -0.855. The number of hydrogen-bond acceptors (Lipinski definition) is 0. The molecule has 0 fully saturated rings. The fourth-order valence-electron chi connectivity index (χ4n) is 0.657. The summed E-state index contributed by atoms with van der Waals surface area (Å²) in [5.41, 5.74) is -0.143. The third kappa shape index (κ3) is 1.50. The second-order valence-electron chi connectivity index (χ2n) is 2.09. The summed E-state index contributed by atoms with van der Waals surface area (Å²) >= 11 is 1.49. The van der Waals surface area contributed by atoms with Crippen LogP contribution < -0.4 is 0 Å². The number of rotatable bonds is 0. The van der Waals surface area contributed by atoms with Crippen molar-refractivity contribution in [2.24, 2.45) is 0 Å². The lowest BCUT2D eigenvalue weighted by Crippen LogP contribution is -1.96. The van der Waals surface area contributed by atoms with E-state index in [2.05, 4.69) is 0 Å². The van der Waals surface area contributed by atoms with E-state index in [1.807, 2.05) is 0 Å². The van der Waals surface area contributed by atoms with Gasteiger partial charge >= 0.3 is 0 Å². The van der Waals surface area contributed by atoms with Crippen molar-refractivity contribution in [1.82, 2.24) is 0 Å². The van der Waals surface area contributed by atoms with Crippen LogP contribution in [0.2, 0.25) is 0 Å². The molecule has 0 saturated heterocycles. The molecule has 1 aromatic rings. The van der Waals surface area contributed by atoms with E-state index in [-0.39, 0.29) is 9.13 Å². The van der Waals surface area contributed by atoms with Crippen LogP contribution in [0.4, 0.5) is 13.2 Å². The molecule has 0 aliphatic rings. The summed E-state index contributed by atoms with van der Waals surface area (Å²) in [5.74, 6) is -2.52. The molecule has 0 N–H and O–H groups in total. The Kier molecular flexibility index (Phi) is 2.41. The van der Waals surface area contributed by atoms with E-state index in [1.165, 1.54) is 29.5 Å². The lowest BCUT2D eigenvalue weighted by molar-refractivity contribution is 0.523. The van der Waals surface area contributed by atoms with Gasteiger partial charge in [-0.15, -0.1) is 0 Å². The molecule has 0 aliphatic heterocycles. The molecular formula is C7H4F3I. The standard InChI is InChI=1S/C7H4F3I/c1-3-4(8)2-5(9)7(11)6(3)10/h2H,1H3. The molecule has 0 aliphatic carbocycles. The molecule has 0 unspecified atom stereocenters. The maximum absolute atomic E-state index is 12.8. The first kappa shape index (κ1) is 8.83. The van der Waals surface area contributed by atoms with Gasteiger partial charge in [-0.3, -0.25) is 0 Å². The summed E-state index contributed by atoms with van der Waals surface area (Å²) in [6.45, 7) is 1.27. The molecule has 0 amide bonds. The van der Waals surface area contributed by atoms with Crippen molar-refractivity contribution in [2.45, 2.75) is 6.92 Å². The molecule has 11 heavy (non-hydrogen) atoms. The van der Waals surface area contributed by atoms with Crippen LogP contribution >= 0.6 is 22.6 Å². The van der Waals surface area contributed by atoms with Crippen LogP contribution in [0, 0.1) is 27.9 Å². The highest BCUT2D eigenvalue weighted by atomic mass is 127. The molecule has 0 saturated carbocycles. The normalized spacial score (nSPS) is 10.3. The average Bonchev–Trinajstić information content (AvgIpc) is 1.97. The Hall–Kier alpha value is -0.260. The van der Waals surface area contributed by atoms with Gasteiger partial charge in [-0.05, 0) is 29.5 Å². The minimum Gasteiger partial charge on any atom is -0.206 e. The van der Waals surface area contributed by atoms with Crippen LogP contribution in [0.3, 0.4) is 0 Å². The zero-order chi connectivity index (χ0) is 8.59. The summed E-state index contributed by atoms with van der Waals surface area (Å²) in [6, 6.07) is 0.681. The van der Waals surface area contributed by atoms with E-state index in [4.69, 9.17) is 0 Å². The molecule has 1 rings (SSSR count). The monoisotopic (exact) mass is 272 g/mol. The van der Waals surface area contributed by atoms with Crippen LogP contribution in [0.5, 0.6) is 0 Å². The predicted octanol–water partition coefficient (Wildman–Crippen LogP) is 3.02. The van der Waals surface area contributed by atoms with Gasteiger partial charge in [0.1, 0.15) is 17.5 Å². The van der Waals surface area contributed by atoms with E-state index in [0.29, 0.717) is 6.07 Å². The number of halogens is 4. The lowest BCUT2D eigenvalue weighted by atomic mass is 10.2. The molecule has 60 valence electrons. The van der Waals surface area contributed by atoms with Crippen molar-refractivity contribution >= 4 is 22.6 Å². The average molecular weight is 272 g/mol. The topological polar surface area (TPSA) is 0 Å². The Morgan fingerprint density at radius 3 is 2.27 bits per heavy atom. The Balaban J connectivity index is 3.46. The molecule has 0 nitrogen and oxygen atoms in total.